The minimum Gasteiger partial charge on any atom is -0.172 e. The van der Waals surface area contributed by atoms with Crippen LogP contribution in [0.2, 0.25) is 0 Å². The molecule has 46 valence electrons. The Hall–Kier alpha value is 0.350. The van der Waals surface area contributed by atoms with E-state index in [0.29, 0.717) is 4.75 Å². The third-order valence-corrected chi connectivity index (χ3v) is 3.33. The molecule has 0 unspecified atom stereocenters. The molecule has 0 aromatic carbocycles. The van der Waals surface area contributed by atoms with Gasteiger partial charge in [-0.1, -0.05) is 0 Å². The molecule has 2 aliphatic carbocycles. The molecule has 0 amide bonds. The summed E-state index contributed by atoms with van der Waals surface area (Å²) in [5.41, 5.74) is 0. The molecule has 0 radical (unpaired) electrons. The lowest BCUT2D eigenvalue weighted by Gasteiger charge is -2.17. The van der Waals surface area contributed by atoms with Crippen molar-refractivity contribution in [3.05, 3.63) is 0 Å². The van der Waals surface area contributed by atoms with E-state index in [9.17, 15) is 0 Å². The van der Waals surface area contributed by atoms with Gasteiger partial charge in [0, 0.05) is 4.75 Å². The summed E-state index contributed by atoms with van der Waals surface area (Å²) in [4.78, 5) is 0. The molecule has 2 saturated carbocycles. The molecular formula is C7H12S. The summed E-state index contributed by atoms with van der Waals surface area (Å²) >= 11 is 4.62. The van der Waals surface area contributed by atoms with Gasteiger partial charge in [0.05, 0.1) is 0 Å². The van der Waals surface area contributed by atoms with Crippen molar-refractivity contribution in [2.45, 2.75) is 36.9 Å². The van der Waals surface area contributed by atoms with Crippen molar-refractivity contribution in [3.8, 4) is 0 Å². The van der Waals surface area contributed by atoms with Gasteiger partial charge in [-0.25, -0.2) is 0 Å². The van der Waals surface area contributed by atoms with Gasteiger partial charge in [-0.2, -0.15) is 12.6 Å². The van der Waals surface area contributed by atoms with Gasteiger partial charge in [0.25, 0.3) is 0 Å². The van der Waals surface area contributed by atoms with Gasteiger partial charge in [0.2, 0.25) is 0 Å². The van der Waals surface area contributed by atoms with Crippen LogP contribution in [0.15, 0.2) is 0 Å². The van der Waals surface area contributed by atoms with Gasteiger partial charge >= 0.3 is 0 Å². The maximum absolute atomic E-state index is 4.62. The highest BCUT2D eigenvalue weighted by Crippen LogP contribution is 2.51. The molecule has 0 saturated heterocycles. The topological polar surface area (TPSA) is 0 Å². The minimum atomic E-state index is 0.505. The summed E-state index contributed by atoms with van der Waals surface area (Å²) < 4.78 is 0.505. The fourth-order valence-electron chi connectivity index (χ4n) is 2.16. The van der Waals surface area contributed by atoms with Crippen molar-refractivity contribution in [2.24, 2.45) is 5.92 Å². The van der Waals surface area contributed by atoms with Crippen molar-refractivity contribution in [1.29, 1.82) is 0 Å². The Morgan fingerprint density at radius 1 is 1.25 bits per heavy atom. The Balaban J connectivity index is 2.19. The molecule has 2 aliphatic rings. The molecule has 0 spiro atoms. The first-order valence-electron chi connectivity index (χ1n) is 3.51. The summed E-state index contributed by atoms with van der Waals surface area (Å²) in [5.74, 6) is 1.06. The van der Waals surface area contributed by atoms with E-state index >= 15 is 0 Å². The van der Waals surface area contributed by atoms with Crippen LogP contribution in [0.1, 0.15) is 32.1 Å². The smallest absolute Gasteiger partial charge is 0.0132 e. The molecule has 0 atom stereocenters. The van der Waals surface area contributed by atoms with E-state index in [-0.39, 0.29) is 0 Å². The van der Waals surface area contributed by atoms with Gasteiger partial charge in [-0.3, -0.25) is 0 Å². The highest BCUT2D eigenvalue weighted by Gasteiger charge is 2.41. The van der Waals surface area contributed by atoms with Crippen LogP contribution in [0.5, 0.6) is 0 Å². The number of rotatable bonds is 0. The first-order chi connectivity index (χ1) is 3.79. The van der Waals surface area contributed by atoms with Crippen LogP contribution in [0.3, 0.4) is 0 Å². The highest BCUT2D eigenvalue weighted by molar-refractivity contribution is 7.81. The van der Waals surface area contributed by atoms with E-state index in [1.54, 1.807) is 0 Å². The van der Waals surface area contributed by atoms with E-state index in [2.05, 4.69) is 12.6 Å². The van der Waals surface area contributed by atoms with Crippen molar-refractivity contribution in [3.63, 3.8) is 0 Å². The van der Waals surface area contributed by atoms with Gasteiger partial charge < -0.3 is 0 Å². The molecule has 0 N–H and O–H groups in total. The fraction of sp³-hybridized carbons (Fsp3) is 1.00. The quantitative estimate of drug-likeness (QED) is 0.475. The maximum Gasteiger partial charge on any atom is 0.0132 e. The van der Waals surface area contributed by atoms with Crippen LogP contribution in [-0.2, 0) is 0 Å². The lowest BCUT2D eigenvalue weighted by molar-refractivity contribution is 0.501. The van der Waals surface area contributed by atoms with Gasteiger partial charge in [-0.05, 0) is 38.0 Å². The number of hydrogen-bond donors (Lipinski definition) is 1. The SMILES string of the molecule is SC12CCC(CC1)C2. The average Bonchev–Trinajstić information content (AvgIpc) is 2.21. The Morgan fingerprint density at radius 2 is 1.88 bits per heavy atom. The van der Waals surface area contributed by atoms with E-state index in [1.165, 1.54) is 32.1 Å². The lowest BCUT2D eigenvalue weighted by atomic mass is 10.0. The van der Waals surface area contributed by atoms with E-state index < -0.39 is 0 Å². The summed E-state index contributed by atoms with van der Waals surface area (Å²) in [6.07, 6.45) is 7.12. The zero-order valence-electron chi connectivity index (χ0n) is 5.06. The predicted molar refractivity (Wildman–Crippen MR) is 38.3 cm³/mol. The largest absolute Gasteiger partial charge is 0.172 e. The third kappa shape index (κ3) is 0.604. The van der Waals surface area contributed by atoms with Crippen LogP contribution in [0.4, 0.5) is 0 Å². The maximum atomic E-state index is 4.62. The molecule has 0 nitrogen and oxygen atoms in total. The Bertz CT molecular complexity index is 101. The summed E-state index contributed by atoms with van der Waals surface area (Å²) in [6.45, 7) is 0. The lowest BCUT2D eigenvalue weighted by Crippen LogP contribution is -2.11. The Kier molecular flexibility index (Phi) is 0.928. The number of thiol groups is 1. The predicted octanol–water partition coefficient (Wildman–Crippen LogP) is 2.25. The first-order valence-corrected chi connectivity index (χ1v) is 3.96. The molecule has 8 heavy (non-hydrogen) atoms. The van der Waals surface area contributed by atoms with Crippen molar-refractivity contribution >= 4 is 12.6 Å². The van der Waals surface area contributed by atoms with E-state index in [4.69, 9.17) is 0 Å². The highest BCUT2D eigenvalue weighted by atomic mass is 32.1. The van der Waals surface area contributed by atoms with Gasteiger partial charge in [-0.15, -0.1) is 0 Å². The van der Waals surface area contributed by atoms with Crippen molar-refractivity contribution < 1.29 is 0 Å². The van der Waals surface area contributed by atoms with Crippen LogP contribution in [0, 0.1) is 5.92 Å². The molecule has 2 bridgehead atoms. The van der Waals surface area contributed by atoms with Gasteiger partial charge in [0.1, 0.15) is 0 Å². The molecule has 0 aromatic rings. The Morgan fingerprint density at radius 3 is 2.00 bits per heavy atom. The average molecular weight is 128 g/mol. The van der Waals surface area contributed by atoms with Crippen molar-refractivity contribution in [1.82, 2.24) is 0 Å². The molecular weight excluding hydrogens is 116 g/mol. The van der Waals surface area contributed by atoms with Crippen LogP contribution >= 0.6 is 12.6 Å². The third-order valence-electron chi connectivity index (χ3n) is 2.70. The zero-order chi connectivity index (χ0) is 5.61. The zero-order valence-corrected chi connectivity index (χ0v) is 5.95. The number of hydrogen-bond acceptors (Lipinski definition) is 1. The van der Waals surface area contributed by atoms with Crippen LogP contribution in [-0.4, -0.2) is 4.75 Å². The molecule has 1 heteroatoms. The second-order valence-corrected chi connectivity index (χ2v) is 4.32. The van der Waals surface area contributed by atoms with Crippen LogP contribution < -0.4 is 0 Å². The van der Waals surface area contributed by atoms with Crippen molar-refractivity contribution in [2.75, 3.05) is 0 Å². The first kappa shape index (κ1) is 5.16. The Labute approximate surface area is 56.1 Å². The second-order valence-electron chi connectivity index (χ2n) is 3.37. The van der Waals surface area contributed by atoms with E-state index in [0.717, 1.165) is 5.92 Å². The minimum absolute atomic E-state index is 0.505. The molecule has 2 fully saturated rings. The summed E-state index contributed by atoms with van der Waals surface area (Å²) in [5, 5.41) is 0. The normalized spacial score (nSPS) is 52.9. The summed E-state index contributed by atoms with van der Waals surface area (Å²) in [7, 11) is 0. The second kappa shape index (κ2) is 1.44. The standard InChI is InChI=1S/C7H12S/c8-7-3-1-6(5-7)2-4-7/h6,8H,1-5H2. The molecule has 0 aromatic heterocycles. The monoisotopic (exact) mass is 128 g/mol. The molecule has 0 aliphatic heterocycles. The fourth-order valence-corrected chi connectivity index (χ4v) is 2.68. The summed E-state index contributed by atoms with van der Waals surface area (Å²) in [6, 6.07) is 0. The van der Waals surface area contributed by atoms with Gasteiger partial charge in [0.15, 0.2) is 0 Å². The number of fused-ring (bicyclic) bond motifs is 2. The van der Waals surface area contributed by atoms with E-state index in [1.807, 2.05) is 0 Å². The van der Waals surface area contributed by atoms with Crippen LogP contribution in [0.25, 0.3) is 0 Å². The molecule has 0 heterocycles. The molecule has 2 rings (SSSR count).